The van der Waals surface area contributed by atoms with Crippen LogP contribution in [0.5, 0.6) is 5.75 Å². The van der Waals surface area contributed by atoms with Crippen LogP contribution in [-0.4, -0.2) is 15.7 Å². The van der Waals surface area contributed by atoms with Gasteiger partial charge in [0, 0.05) is 10.7 Å². The molecular weight excluding hydrogens is 526 g/mol. The number of hydrogen-bond donors (Lipinski definition) is 1. The van der Waals surface area contributed by atoms with Crippen LogP contribution in [0.2, 0.25) is 0 Å². The molecule has 0 atom stereocenters. The van der Waals surface area contributed by atoms with E-state index in [1.807, 2.05) is 30.5 Å². The number of amides is 1. The van der Waals surface area contributed by atoms with Crippen molar-refractivity contribution in [3.05, 3.63) is 98.5 Å². The zero-order valence-electron chi connectivity index (χ0n) is 16.6. The third kappa shape index (κ3) is 5.65. The van der Waals surface area contributed by atoms with Gasteiger partial charge in [0.25, 0.3) is 5.91 Å². The lowest BCUT2D eigenvalue weighted by atomic mass is 10.1. The molecule has 1 amide bonds. The Kier molecular flexibility index (Phi) is 6.58. The fourth-order valence-electron chi connectivity index (χ4n) is 2.88. The molecule has 0 fully saturated rings. The first kappa shape index (κ1) is 21.4. The third-order valence-corrected chi connectivity index (χ3v) is 5.60. The van der Waals surface area contributed by atoms with Crippen LogP contribution in [0.4, 0.5) is 5.82 Å². The lowest BCUT2D eigenvalue weighted by molar-refractivity contribution is 0.0992. The second-order valence-corrected chi connectivity index (χ2v) is 8.74. The van der Waals surface area contributed by atoms with E-state index in [-0.39, 0.29) is 18.3 Å². The fraction of sp³-hybridized carbons (Fsp3) is 0.130. The second kappa shape index (κ2) is 9.53. The van der Waals surface area contributed by atoms with Gasteiger partial charge in [-0.3, -0.25) is 9.48 Å². The summed E-state index contributed by atoms with van der Waals surface area (Å²) in [7, 11) is 0. The largest absolute Gasteiger partial charge is 0.486 e. The summed E-state index contributed by atoms with van der Waals surface area (Å²) in [6.07, 6.45) is 1.83. The summed E-state index contributed by atoms with van der Waals surface area (Å²) in [5.41, 5.74) is 2.33. The highest BCUT2D eigenvalue weighted by atomic mass is 79.9. The molecule has 0 radical (unpaired) electrons. The zero-order valence-corrected chi connectivity index (χ0v) is 19.8. The van der Waals surface area contributed by atoms with Crippen LogP contribution < -0.4 is 10.1 Å². The number of ether oxygens (including phenoxy) is 1. The van der Waals surface area contributed by atoms with E-state index in [2.05, 4.69) is 73.5 Å². The number of anilines is 1. The fourth-order valence-corrected chi connectivity index (χ4v) is 3.55. The maximum absolute atomic E-state index is 12.6. The molecule has 0 saturated heterocycles. The number of aromatic nitrogens is 2. The summed E-state index contributed by atoms with van der Waals surface area (Å²) < 4.78 is 14.7. The quantitative estimate of drug-likeness (QED) is 0.301. The number of rotatable bonds is 7. The molecule has 4 aromatic rings. The molecule has 0 unspecified atom stereocenters. The molecule has 4 rings (SSSR count). The first-order valence-corrected chi connectivity index (χ1v) is 11.1. The average Bonchev–Trinajstić information content (AvgIpc) is 3.36. The standard InChI is InChI=1S/C23H19Br2N3O3/c1-15-2-4-16(5-3-15)12-28-13-20(25)22(27-28)26-23(29)21-11-10-19(31-21)14-30-18-8-6-17(24)7-9-18/h2-11,13H,12,14H2,1H3,(H,26,27,29). The number of carbonyl (C=O) groups is 1. The predicted molar refractivity (Wildman–Crippen MR) is 125 cm³/mol. The van der Waals surface area contributed by atoms with Crippen molar-refractivity contribution in [2.75, 3.05) is 5.32 Å². The van der Waals surface area contributed by atoms with E-state index in [9.17, 15) is 4.79 Å². The van der Waals surface area contributed by atoms with Gasteiger partial charge in [-0.15, -0.1) is 0 Å². The van der Waals surface area contributed by atoms with Crippen molar-refractivity contribution in [1.29, 1.82) is 0 Å². The Bertz CT molecular complexity index is 1180. The molecule has 0 aliphatic rings. The topological polar surface area (TPSA) is 69.3 Å². The summed E-state index contributed by atoms with van der Waals surface area (Å²) in [4.78, 5) is 12.6. The molecule has 0 aliphatic heterocycles. The van der Waals surface area contributed by atoms with E-state index in [1.165, 1.54) is 5.56 Å². The van der Waals surface area contributed by atoms with Crippen LogP contribution in [0.15, 0.2) is 80.2 Å². The van der Waals surface area contributed by atoms with Gasteiger partial charge in [-0.2, -0.15) is 5.10 Å². The van der Waals surface area contributed by atoms with Gasteiger partial charge >= 0.3 is 0 Å². The van der Waals surface area contributed by atoms with Crippen molar-refractivity contribution in [2.45, 2.75) is 20.1 Å². The summed E-state index contributed by atoms with van der Waals surface area (Å²) in [5.74, 6) is 1.51. The highest BCUT2D eigenvalue weighted by Gasteiger charge is 2.16. The number of nitrogens with one attached hydrogen (secondary N) is 1. The van der Waals surface area contributed by atoms with Crippen LogP contribution in [0.3, 0.4) is 0 Å². The van der Waals surface area contributed by atoms with Crippen molar-refractivity contribution in [2.24, 2.45) is 0 Å². The Hall–Kier alpha value is -2.84. The Morgan fingerprint density at radius 3 is 2.55 bits per heavy atom. The molecule has 2 aromatic heterocycles. The van der Waals surface area contributed by atoms with E-state index in [1.54, 1.807) is 16.8 Å². The van der Waals surface area contributed by atoms with Gasteiger partial charge in [0.15, 0.2) is 11.6 Å². The van der Waals surface area contributed by atoms with Crippen LogP contribution in [0, 0.1) is 6.92 Å². The first-order chi connectivity index (χ1) is 15.0. The van der Waals surface area contributed by atoms with E-state index < -0.39 is 0 Å². The molecule has 2 heterocycles. The first-order valence-electron chi connectivity index (χ1n) is 9.53. The van der Waals surface area contributed by atoms with Gasteiger partial charge in [-0.05, 0) is 64.8 Å². The molecule has 6 nitrogen and oxygen atoms in total. The number of furan rings is 1. The molecule has 0 spiro atoms. The lowest BCUT2D eigenvalue weighted by Crippen LogP contribution is -2.12. The highest BCUT2D eigenvalue weighted by molar-refractivity contribution is 9.10. The number of benzene rings is 2. The van der Waals surface area contributed by atoms with Gasteiger partial charge in [0.2, 0.25) is 0 Å². The predicted octanol–water partition coefficient (Wildman–Crippen LogP) is 6.19. The molecule has 1 N–H and O–H groups in total. The molecule has 0 saturated carbocycles. The Labute approximate surface area is 196 Å². The van der Waals surface area contributed by atoms with Gasteiger partial charge in [-0.1, -0.05) is 45.8 Å². The Balaban J connectivity index is 1.36. The van der Waals surface area contributed by atoms with Crippen molar-refractivity contribution < 1.29 is 13.9 Å². The van der Waals surface area contributed by atoms with Crippen molar-refractivity contribution in [3.8, 4) is 5.75 Å². The van der Waals surface area contributed by atoms with Crippen molar-refractivity contribution in [1.82, 2.24) is 9.78 Å². The summed E-state index contributed by atoms with van der Waals surface area (Å²) in [6, 6.07) is 19.1. The van der Waals surface area contributed by atoms with Gasteiger partial charge in [-0.25, -0.2) is 0 Å². The normalized spacial score (nSPS) is 10.8. The van der Waals surface area contributed by atoms with Crippen LogP contribution in [-0.2, 0) is 13.2 Å². The number of hydrogen-bond acceptors (Lipinski definition) is 4. The van der Waals surface area contributed by atoms with Crippen LogP contribution in [0.25, 0.3) is 0 Å². The maximum atomic E-state index is 12.6. The average molecular weight is 545 g/mol. The van der Waals surface area contributed by atoms with Crippen LogP contribution >= 0.6 is 31.9 Å². The smallest absolute Gasteiger partial charge is 0.292 e. The number of nitrogens with zero attached hydrogens (tertiary/aromatic N) is 2. The van der Waals surface area contributed by atoms with Gasteiger partial charge < -0.3 is 14.5 Å². The molecular formula is C23H19Br2N3O3. The molecule has 158 valence electrons. The number of halogens is 2. The van der Waals surface area contributed by atoms with Crippen molar-refractivity contribution >= 4 is 43.6 Å². The monoisotopic (exact) mass is 543 g/mol. The molecule has 0 aliphatic carbocycles. The second-order valence-electron chi connectivity index (χ2n) is 6.97. The van der Waals surface area contributed by atoms with Gasteiger partial charge in [0.1, 0.15) is 18.1 Å². The molecule has 2 aromatic carbocycles. The van der Waals surface area contributed by atoms with E-state index in [4.69, 9.17) is 9.15 Å². The molecule has 31 heavy (non-hydrogen) atoms. The minimum Gasteiger partial charge on any atom is -0.486 e. The van der Waals surface area contributed by atoms with E-state index >= 15 is 0 Å². The SMILES string of the molecule is Cc1ccc(Cn2cc(Br)c(NC(=O)c3ccc(COc4ccc(Br)cc4)o3)n2)cc1. The van der Waals surface area contributed by atoms with Crippen molar-refractivity contribution in [3.63, 3.8) is 0 Å². The lowest BCUT2D eigenvalue weighted by Gasteiger charge is -2.04. The summed E-state index contributed by atoms with van der Waals surface area (Å²) in [6.45, 7) is 2.88. The summed E-state index contributed by atoms with van der Waals surface area (Å²) in [5, 5.41) is 7.23. The molecule has 8 heteroatoms. The number of carbonyl (C=O) groups excluding carboxylic acids is 1. The maximum Gasteiger partial charge on any atom is 0.292 e. The van der Waals surface area contributed by atoms with E-state index in [0.29, 0.717) is 28.3 Å². The zero-order chi connectivity index (χ0) is 21.8. The Morgan fingerprint density at radius 1 is 1.06 bits per heavy atom. The Morgan fingerprint density at radius 2 is 1.81 bits per heavy atom. The van der Waals surface area contributed by atoms with Gasteiger partial charge in [0.05, 0.1) is 11.0 Å². The van der Waals surface area contributed by atoms with Crippen LogP contribution in [0.1, 0.15) is 27.4 Å². The highest BCUT2D eigenvalue weighted by Crippen LogP contribution is 2.23. The minimum atomic E-state index is -0.379. The van der Waals surface area contributed by atoms with E-state index in [0.717, 1.165) is 10.0 Å². The number of aryl methyl sites for hydroxylation is 1. The minimum absolute atomic E-state index is 0.189. The third-order valence-electron chi connectivity index (χ3n) is 4.49. The summed E-state index contributed by atoms with van der Waals surface area (Å²) >= 11 is 6.84. The molecule has 0 bridgehead atoms.